The van der Waals surface area contributed by atoms with Crippen LogP contribution in [0.4, 0.5) is 4.39 Å². The molecule has 0 bridgehead atoms. The van der Waals surface area contributed by atoms with Crippen molar-refractivity contribution in [1.29, 1.82) is 0 Å². The van der Waals surface area contributed by atoms with E-state index >= 15 is 0 Å². The summed E-state index contributed by atoms with van der Waals surface area (Å²) in [4.78, 5) is 4.52. The van der Waals surface area contributed by atoms with E-state index in [-0.39, 0.29) is 5.82 Å². The van der Waals surface area contributed by atoms with Crippen molar-refractivity contribution in [1.82, 2.24) is 9.55 Å². The molecule has 20 heavy (non-hydrogen) atoms. The first-order valence-corrected chi connectivity index (χ1v) is 7.74. The van der Waals surface area contributed by atoms with Gasteiger partial charge in [0.15, 0.2) is 0 Å². The highest BCUT2D eigenvalue weighted by atomic mass is 127. The maximum absolute atomic E-state index is 13.8. The summed E-state index contributed by atoms with van der Waals surface area (Å²) in [6.07, 6.45) is 0. The topological polar surface area (TPSA) is 17.8 Å². The quantitative estimate of drug-likeness (QED) is 0.465. The summed E-state index contributed by atoms with van der Waals surface area (Å²) in [5.74, 6) is 0.854. The smallest absolute Gasteiger partial charge is 0.128 e. The van der Waals surface area contributed by atoms with Crippen molar-refractivity contribution in [2.75, 3.05) is 0 Å². The molecule has 0 aliphatic heterocycles. The van der Waals surface area contributed by atoms with E-state index in [0.29, 0.717) is 18.0 Å². The van der Waals surface area contributed by atoms with Gasteiger partial charge in [0.1, 0.15) is 11.6 Å². The summed E-state index contributed by atoms with van der Waals surface area (Å²) < 4.78 is 16.9. The molecule has 1 heterocycles. The maximum atomic E-state index is 13.8. The summed E-state index contributed by atoms with van der Waals surface area (Å²) >= 11 is 8.22. The predicted molar refractivity (Wildman–Crippen MR) is 87.5 cm³/mol. The van der Waals surface area contributed by atoms with Crippen LogP contribution in [-0.2, 0) is 12.4 Å². The molecule has 0 radical (unpaired) electrons. The van der Waals surface area contributed by atoms with E-state index < -0.39 is 0 Å². The fourth-order valence-corrected chi connectivity index (χ4v) is 2.91. The van der Waals surface area contributed by atoms with Gasteiger partial charge in [-0.15, -0.1) is 11.6 Å². The Labute approximate surface area is 134 Å². The Morgan fingerprint density at radius 3 is 2.75 bits per heavy atom. The highest BCUT2D eigenvalue weighted by Crippen LogP contribution is 2.22. The molecule has 0 saturated heterocycles. The molecule has 0 N–H and O–H groups in total. The number of fused-ring (bicyclic) bond motifs is 1. The van der Waals surface area contributed by atoms with E-state index in [1.807, 2.05) is 28.8 Å². The van der Waals surface area contributed by atoms with Crippen molar-refractivity contribution in [2.24, 2.45) is 0 Å². The first kappa shape index (κ1) is 13.8. The molecule has 0 aliphatic carbocycles. The van der Waals surface area contributed by atoms with Gasteiger partial charge in [0, 0.05) is 9.13 Å². The Balaban J connectivity index is 2.12. The molecule has 5 heteroatoms. The molecule has 0 amide bonds. The molecule has 0 spiro atoms. The van der Waals surface area contributed by atoms with Gasteiger partial charge in [0.25, 0.3) is 0 Å². The van der Waals surface area contributed by atoms with Crippen molar-refractivity contribution in [3.8, 4) is 0 Å². The van der Waals surface area contributed by atoms with Crippen LogP contribution in [0.5, 0.6) is 0 Å². The first-order valence-electron chi connectivity index (χ1n) is 6.13. The lowest BCUT2D eigenvalue weighted by Crippen LogP contribution is -2.05. The minimum atomic E-state index is -0.208. The fourth-order valence-electron chi connectivity index (χ4n) is 2.23. The van der Waals surface area contributed by atoms with Crippen LogP contribution in [-0.4, -0.2) is 9.55 Å². The number of nitrogens with zero attached hydrogens (tertiary/aromatic N) is 2. The molecule has 0 fully saturated rings. The van der Waals surface area contributed by atoms with Crippen molar-refractivity contribution in [3.63, 3.8) is 0 Å². The Morgan fingerprint density at radius 1 is 1.20 bits per heavy atom. The van der Waals surface area contributed by atoms with Gasteiger partial charge in [-0.3, -0.25) is 0 Å². The van der Waals surface area contributed by atoms with Crippen molar-refractivity contribution < 1.29 is 4.39 Å². The fraction of sp³-hybridized carbons (Fsp3) is 0.133. The van der Waals surface area contributed by atoms with Crippen LogP contribution in [0.1, 0.15) is 11.4 Å². The van der Waals surface area contributed by atoms with Crippen LogP contribution in [0.3, 0.4) is 0 Å². The Bertz CT molecular complexity index is 770. The molecule has 0 atom stereocenters. The molecular formula is C15H11ClFIN2. The number of benzene rings is 2. The number of imidazole rings is 1. The molecule has 2 aromatic carbocycles. The molecule has 3 aromatic rings. The third-order valence-corrected chi connectivity index (χ3v) is 4.11. The number of aromatic nitrogens is 2. The number of alkyl halides is 1. The summed E-state index contributed by atoms with van der Waals surface area (Å²) in [5.41, 5.74) is 2.50. The predicted octanol–water partition coefficient (Wildman–Crippen LogP) is 4.57. The lowest BCUT2D eigenvalue weighted by atomic mass is 10.2. The highest BCUT2D eigenvalue weighted by molar-refractivity contribution is 14.1. The zero-order valence-electron chi connectivity index (χ0n) is 10.5. The van der Waals surface area contributed by atoms with Gasteiger partial charge < -0.3 is 4.57 Å². The van der Waals surface area contributed by atoms with Gasteiger partial charge >= 0.3 is 0 Å². The van der Waals surface area contributed by atoms with Crippen molar-refractivity contribution >= 4 is 45.2 Å². The second kappa shape index (κ2) is 5.69. The Hall–Kier alpha value is -1.14. The molecular weight excluding hydrogens is 390 g/mol. The number of rotatable bonds is 3. The third kappa shape index (κ3) is 2.54. The standard InChI is InChI=1S/C15H11ClFIN2/c16-8-15-19-13-7-11(18)5-6-14(13)20(15)9-10-3-1-2-4-12(10)17/h1-7H,8-9H2. The number of hydrogen-bond donors (Lipinski definition) is 0. The molecule has 102 valence electrons. The molecule has 0 aliphatic rings. The average molecular weight is 401 g/mol. The van der Waals surface area contributed by atoms with Crippen LogP contribution in [0.25, 0.3) is 11.0 Å². The lowest BCUT2D eigenvalue weighted by Gasteiger charge is -2.08. The lowest BCUT2D eigenvalue weighted by molar-refractivity contribution is 0.599. The monoisotopic (exact) mass is 400 g/mol. The largest absolute Gasteiger partial charge is 0.322 e. The van der Waals surface area contributed by atoms with Crippen LogP contribution < -0.4 is 0 Å². The Kier molecular flexibility index (Phi) is 3.94. The second-order valence-corrected chi connectivity index (χ2v) is 5.99. The maximum Gasteiger partial charge on any atom is 0.128 e. The molecule has 2 nitrogen and oxygen atoms in total. The SMILES string of the molecule is Fc1ccccc1Cn1c(CCl)nc2cc(I)ccc21. The van der Waals surface area contributed by atoms with Crippen LogP contribution in [0, 0.1) is 9.39 Å². The summed E-state index contributed by atoms with van der Waals surface area (Å²) in [5, 5.41) is 0. The van der Waals surface area contributed by atoms with Crippen LogP contribution in [0.15, 0.2) is 42.5 Å². The molecule has 3 rings (SSSR count). The van der Waals surface area contributed by atoms with E-state index in [9.17, 15) is 4.39 Å². The van der Waals surface area contributed by atoms with E-state index in [1.165, 1.54) is 6.07 Å². The minimum Gasteiger partial charge on any atom is -0.322 e. The summed E-state index contributed by atoms with van der Waals surface area (Å²) in [7, 11) is 0. The normalized spacial score (nSPS) is 11.2. The van der Waals surface area contributed by atoms with Gasteiger partial charge in [-0.25, -0.2) is 9.37 Å². The Morgan fingerprint density at radius 2 is 2.00 bits per heavy atom. The van der Waals surface area contributed by atoms with Gasteiger partial charge in [0.05, 0.1) is 23.5 Å². The first-order chi connectivity index (χ1) is 9.69. The van der Waals surface area contributed by atoms with Crippen LogP contribution >= 0.6 is 34.2 Å². The molecule has 0 saturated carbocycles. The van der Waals surface area contributed by atoms with Gasteiger partial charge in [-0.05, 0) is 46.9 Å². The molecule has 0 unspecified atom stereocenters. The van der Waals surface area contributed by atoms with E-state index in [4.69, 9.17) is 11.6 Å². The summed E-state index contributed by atoms with van der Waals surface area (Å²) in [6.45, 7) is 0.436. The highest BCUT2D eigenvalue weighted by Gasteiger charge is 2.12. The van der Waals surface area contributed by atoms with Crippen molar-refractivity contribution in [2.45, 2.75) is 12.4 Å². The van der Waals surface area contributed by atoms with E-state index in [2.05, 4.69) is 27.6 Å². The zero-order chi connectivity index (χ0) is 14.1. The average Bonchev–Trinajstić information content (AvgIpc) is 2.78. The zero-order valence-corrected chi connectivity index (χ0v) is 13.4. The van der Waals surface area contributed by atoms with Gasteiger partial charge in [0.2, 0.25) is 0 Å². The second-order valence-electron chi connectivity index (χ2n) is 4.47. The minimum absolute atomic E-state index is 0.208. The van der Waals surface area contributed by atoms with Gasteiger partial charge in [-0.1, -0.05) is 18.2 Å². The summed E-state index contributed by atoms with van der Waals surface area (Å²) in [6, 6.07) is 12.8. The molecule has 1 aromatic heterocycles. The van der Waals surface area contributed by atoms with E-state index in [0.717, 1.165) is 20.4 Å². The number of halogens is 3. The third-order valence-electron chi connectivity index (χ3n) is 3.20. The van der Waals surface area contributed by atoms with Gasteiger partial charge in [-0.2, -0.15) is 0 Å². The van der Waals surface area contributed by atoms with E-state index in [1.54, 1.807) is 12.1 Å². The van der Waals surface area contributed by atoms with Crippen molar-refractivity contribution in [3.05, 3.63) is 63.2 Å². The van der Waals surface area contributed by atoms with Crippen LogP contribution in [0.2, 0.25) is 0 Å². The number of hydrogen-bond acceptors (Lipinski definition) is 1.